The average Bonchev–Trinajstić information content (AvgIpc) is 2.44. The van der Waals surface area contributed by atoms with Gasteiger partial charge in [0.15, 0.2) is 0 Å². The molecular formula is C14H17N2O5. The van der Waals surface area contributed by atoms with Crippen LogP contribution >= 0.6 is 0 Å². The highest BCUT2D eigenvalue weighted by Gasteiger charge is 2.20. The molecule has 1 aromatic carbocycles. The first kappa shape index (κ1) is 16.6. The van der Waals surface area contributed by atoms with Crippen molar-refractivity contribution in [2.45, 2.75) is 32.4 Å². The van der Waals surface area contributed by atoms with Crippen LogP contribution in [0.4, 0.5) is 5.69 Å². The second-order valence-electron chi connectivity index (χ2n) is 4.43. The lowest BCUT2D eigenvalue weighted by Gasteiger charge is -2.15. The van der Waals surface area contributed by atoms with Crippen molar-refractivity contribution in [3.63, 3.8) is 0 Å². The van der Waals surface area contributed by atoms with Crippen molar-refractivity contribution in [3.05, 3.63) is 46.9 Å². The van der Waals surface area contributed by atoms with Crippen molar-refractivity contribution in [2.24, 2.45) is 0 Å². The topological polar surface area (TPSA) is 98.5 Å². The second-order valence-corrected chi connectivity index (χ2v) is 4.43. The Bertz CT molecular complexity index is 513. The number of benzene rings is 1. The molecule has 0 aliphatic rings. The van der Waals surface area contributed by atoms with E-state index in [0.717, 1.165) is 0 Å². The van der Waals surface area contributed by atoms with Gasteiger partial charge in [-0.2, -0.15) is 0 Å². The molecule has 1 amide bonds. The van der Waals surface area contributed by atoms with Crippen molar-refractivity contribution >= 4 is 17.6 Å². The number of carbonyl (C=O) groups excluding carboxylic acids is 2. The van der Waals surface area contributed by atoms with E-state index in [4.69, 9.17) is 4.74 Å². The highest BCUT2D eigenvalue weighted by molar-refractivity contribution is 5.83. The largest absolute Gasteiger partial charge is 0.459 e. The molecule has 1 atom stereocenters. The Morgan fingerprint density at radius 2 is 2.00 bits per heavy atom. The first-order chi connectivity index (χ1) is 9.93. The smallest absolute Gasteiger partial charge is 0.328 e. The van der Waals surface area contributed by atoms with Crippen molar-refractivity contribution in [1.29, 1.82) is 0 Å². The van der Waals surface area contributed by atoms with Crippen LogP contribution in [0.15, 0.2) is 24.3 Å². The molecular weight excluding hydrogens is 276 g/mol. The molecule has 1 aromatic rings. The lowest BCUT2D eigenvalue weighted by Crippen LogP contribution is -2.40. The van der Waals surface area contributed by atoms with Crippen LogP contribution in [0.5, 0.6) is 0 Å². The van der Waals surface area contributed by atoms with E-state index >= 15 is 0 Å². The Hall–Kier alpha value is -2.44. The number of carbonyl (C=O) groups is 2. The third-order valence-corrected chi connectivity index (χ3v) is 2.68. The number of esters is 1. The molecule has 113 valence electrons. The van der Waals surface area contributed by atoms with E-state index in [1.165, 1.54) is 31.2 Å². The fourth-order valence-corrected chi connectivity index (χ4v) is 1.67. The normalized spacial score (nSPS) is 11.5. The molecule has 1 N–H and O–H groups in total. The SMILES string of the molecule is [CH2]CCC(NC(C)=O)C(=O)OCc1ccc([N+](=O)[O-])cc1. The minimum atomic E-state index is -0.724. The third kappa shape index (κ3) is 5.60. The van der Waals surface area contributed by atoms with Gasteiger partial charge in [-0.1, -0.05) is 13.3 Å². The van der Waals surface area contributed by atoms with Crippen LogP contribution < -0.4 is 5.32 Å². The van der Waals surface area contributed by atoms with Gasteiger partial charge < -0.3 is 10.1 Å². The first-order valence-electron chi connectivity index (χ1n) is 6.40. The molecule has 0 fully saturated rings. The number of nitrogens with one attached hydrogen (secondary N) is 1. The van der Waals surface area contributed by atoms with Gasteiger partial charge in [0.25, 0.3) is 5.69 Å². The van der Waals surface area contributed by atoms with Gasteiger partial charge >= 0.3 is 5.97 Å². The van der Waals surface area contributed by atoms with E-state index in [-0.39, 0.29) is 18.2 Å². The quantitative estimate of drug-likeness (QED) is 0.469. The van der Waals surface area contributed by atoms with Crippen LogP contribution in [0, 0.1) is 17.0 Å². The van der Waals surface area contributed by atoms with E-state index in [9.17, 15) is 19.7 Å². The summed E-state index contributed by atoms with van der Waals surface area (Å²) in [7, 11) is 0. The lowest BCUT2D eigenvalue weighted by molar-refractivity contribution is -0.384. The number of hydrogen-bond acceptors (Lipinski definition) is 5. The van der Waals surface area contributed by atoms with E-state index < -0.39 is 16.9 Å². The zero-order valence-corrected chi connectivity index (χ0v) is 11.7. The van der Waals surface area contributed by atoms with Gasteiger partial charge in [-0.15, -0.1) is 0 Å². The highest BCUT2D eigenvalue weighted by atomic mass is 16.6. The first-order valence-corrected chi connectivity index (χ1v) is 6.40. The van der Waals surface area contributed by atoms with Crippen molar-refractivity contribution in [3.8, 4) is 0 Å². The van der Waals surface area contributed by atoms with Gasteiger partial charge in [-0.25, -0.2) is 4.79 Å². The molecule has 0 aromatic heterocycles. The van der Waals surface area contributed by atoms with Crippen LogP contribution in [0.2, 0.25) is 0 Å². The molecule has 0 heterocycles. The van der Waals surface area contributed by atoms with Gasteiger partial charge in [0.05, 0.1) is 4.92 Å². The molecule has 21 heavy (non-hydrogen) atoms. The zero-order chi connectivity index (χ0) is 15.8. The number of amides is 1. The van der Waals surface area contributed by atoms with Crippen molar-refractivity contribution in [1.82, 2.24) is 5.32 Å². The number of non-ortho nitro benzene ring substituents is 1. The summed E-state index contributed by atoms with van der Waals surface area (Å²) in [6.07, 6.45) is 0.871. The van der Waals surface area contributed by atoms with Crippen LogP contribution in [-0.2, 0) is 20.9 Å². The summed E-state index contributed by atoms with van der Waals surface area (Å²) >= 11 is 0. The third-order valence-electron chi connectivity index (χ3n) is 2.68. The van der Waals surface area contributed by atoms with Gasteiger partial charge in [-0.05, 0) is 24.1 Å². The fourth-order valence-electron chi connectivity index (χ4n) is 1.67. The fraction of sp³-hybridized carbons (Fsp3) is 0.357. The maximum Gasteiger partial charge on any atom is 0.328 e. The van der Waals surface area contributed by atoms with Crippen molar-refractivity contribution in [2.75, 3.05) is 0 Å². The summed E-state index contributed by atoms with van der Waals surface area (Å²) < 4.78 is 5.09. The number of nitrogens with zero attached hydrogens (tertiary/aromatic N) is 1. The number of rotatable bonds is 7. The summed E-state index contributed by atoms with van der Waals surface area (Å²) in [5, 5.41) is 13.0. The molecule has 1 radical (unpaired) electrons. The number of hydrogen-bond donors (Lipinski definition) is 1. The van der Waals surface area contributed by atoms with Crippen LogP contribution in [-0.4, -0.2) is 22.8 Å². The van der Waals surface area contributed by atoms with Gasteiger partial charge in [-0.3, -0.25) is 14.9 Å². The van der Waals surface area contributed by atoms with E-state index in [2.05, 4.69) is 12.2 Å². The molecule has 0 bridgehead atoms. The minimum absolute atomic E-state index is 0.00987. The summed E-state index contributed by atoms with van der Waals surface area (Å²) in [6.45, 7) is 4.95. The Kier molecular flexibility index (Phi) is 6.32. The summed E-state index contributed by atoms with van der Waals surface area (Å²) in [5.41, 5.74) is 0.600. The predicted molar refractivity (Wildman–Crippen MR) is 75.1 cm³/mol. The maximum absolute atomic E-state index is 11.8. The molecule has 0 aliphatic heterocycles. The Balaban J connectivity index is 2.57. The van der Waals surface area contributed by atoms with Gasteiger partial charge in [0.2, 0.25) is 5.91 Å². The van der Waals surface area contributed by atoms with E-state index in [0.29, 0.717) is 18.4 Å². The molecule has 1 unspecified atom stereocenters. The summed E-state index contributed by atoms with van der Waals surface area (Å²) in [4.78, 5) is 32.9. The second kappa shape index (κ2) is 7.98. The Morgan fingerprint density at radius 3 is 2.48 bits per heavy atom. The summed E-state index contributed by atoms with van der Waals surface area (Å²) in [5.74, 6) is -0.868. The minimum Gasteiger partial charge on any atom is -0.459 e. The molecule has 1 rings (SSSR count). The van der Waals surface area contributed by atoms with Crippen LogP contribution in [0.25, 0.3) is 0 Å². The maximum atomic E-state index is 11.8. The monoisotopic (exact) mass is 293 g/mol. The molecule has 0 spiro atoms. The summed E-state index contributed by atoms with van der Waals surface area (Å²) in [6, 6.07) is 4.98. The van der Waals surface area contributed by atoms with Crippen LogP contribution in [0.1, 0.15) is 25.3 Å². The molecule has 7 heteroatoms. The number of nitro groups is 1. The Morgan fingerprint density at radius 1 is 1.38 bits per heavy atom. The van der Waals surface area contributed by atoms with E-state index in [1.54, 1.807) is 0 Å². The van der Waals surface area contributed by atoms with Gasteiger partial charge in [0.1, 0.15) is 12.6 Å². The standard InChI is InChI=1S/C14H17N2O5/c1-3-4-13(15-10(2)17)14(18)21-9-11-5-7-12(8-6-11)16(19)20/h5-8,13H,1,3-4,9H2,2H3,(H,15,17). The average molecular weight is 293 g/mol. The Labute approximate surface area is 122 Å². The number of ether oxygens (including phenoxy) is 1. The molecule has 7 nitrogen and oxygen atoms in total. The highest BCUT2D eigenvalue weighted by Crippen LogP contribution is 2.13. The van der Waals surface area contributed by atoms with E-state index in [1.807, 2.05) is 0 Å². The van der Waals surface area contributed by atoms with Crippen LogP contribution in [0.3, 0.4) is 0 Å². The molecule has 0 saturated carbocycles. The molecule has 0 aliphatic carbocycles. The number of nitro benzene ring substituents is 1. The van der Waals surface area contributed by atoms with Gasteiger partial charge in [0, 0.05) is 19.1 Å². The zero-order valence-electron chi connectivity index (χ0n) is 11.7. The molecule has 0 saturated heterocycles. The van der Waals surface area contributed by atoms with Crippen molar-refractivity contribution < 1.29 is 19.2 Å². The lowest BCUT2D eigenvalue weighted by atomic mass is 10.1. The predicted octanol–water partition coefficient (Wildman–Crippen LogP) is 1.76.